The highest BCUT2D eigenvalue weighted by Gasteiger charge is 2.01. The van der Waals surface area contributed by atoms with Crippen molar-refractivity contribution in [2.75, 3.05) is 7.11 Å². The molecular weight excluding hydrogens is 156 g/mol. The van der Waals surface area contributed by atoms with Gasteiger partial charge in [0.15, 0.2) is 0 Å². The minimum absolute atomic E-state index is 0.627. The predicted molar refractivity (Wildman–Crippen MR) is 44.0 cm³/mol. The highest BCUT2D eigenvalue weighted by molar-refractivity contribution is 5.81. The molecule has 12 heavy (non-hydrogen) atoms. The van der Waals surface area contributed by atoms with Crippen LogP contribution in [-0.2, 0) is 4.79 Å². The van der Waals surface area contributed by atoms with Crippen LogP contribution in [0, 0.1) is 6.42 Å². The maximum Gasteiger partial charge on any atom is 0.312 e. The molecule has 0 saturated carbocycles. The molecule has 0 aliphatic carbocycles. The summed E-state index contributed by atoms with van der Waals surface area (Å²) in [6.07, 6.45) is 1.13. The van der Waals surface area contributed by atoms with Crippen LogP contribution in [0.5, 0.6) is 5.75 Å². The lowest BCUT2D eigenvalue weighted by Gasteiger charge is -2.00. The van der Waals surface area contributed by atoms with Crippen LogP contribution in [-0.4, -0.2) is 18.2 Å². The highest BCUT2D eigenvalue weighted by Crippen LogP contribution is 2.13. The zero-order valence-electron chi connectivity index (χ0n) is 6.65. The number of rotatable bonds is 3. The topological polar surface area (TPSA) is 46.5 Å². The lowest BCUT2D eigenvalue weighted by atomic mass is 10.1. The number of hydrogen-bond acceptors (Lipinski definition) is 2. The normalized spacial score (nSPS) is 9.42. The van der Waals surface area contributed by atoms with Crippen LogP contribution in [0.2, 0.25) is 0 Å². The number of hydrogen-bond donors (Lipinski definition) is 1. The largest absolute Gasteiger partial charge is 0.497 e. The fraction of sp³-hybridized carbons (Fsp3) is 0.111. The molecular formula is C9H9O3. The summed E-state index contributed by atoms with van der Waals surface area (Å²) < 4.78 is 4.92. The van der Waals surface area contributed by atoms with Crippen molar-refractivity contribution in [3.05, 3.63) is 36.2 Å². The predicted octanol–water partition coefficient (Wildman–Crippen LogP) is 1.33. The summed E-state index contributed by atoms with van der Waals surface area (Å²) in [6.45, 7) is 0. The van der Waals surface area contributed by atoms with Gasteiger partial charge in [-0.05, 0) is 17.7 Å². The van der Waals surface area contributed by atoms with E-state index in [1.807, 2.05) is 0 Å². The van der Waals surface area contributed by atoms with E-state index < -0.39 is 5.97 Å². The second-order valence-corrected chi connectivity index (χ2v) is 2.26. The van der Waals surface area contributed by atoms with Crippen LogP contribution in [0.4, 0.5) is 0 Å². The molecule has 0 bridgehead atoms. The summed E-state index contributed by atoms with van der Waals surface area (Å²) >= 11 is 0. The van der Waals surface area contributed by atoms with Gasteiger partial charge >= 0.3 is 5.97 Å². The molecule has 1 aromatic carbocycles. The quantitative estimate of drug-likeness (QED) is 0.735. The Bertz CT molecular complexity index is 281. The average molecular weight is 165 g/mol. The van der Waals surface area contributed by atoms with Crippen LogP contribution in [0.1, 0.15) is 5.56 Å². The first-order valence-electron chi connectivity index (χ1n) is 3.44. The Kier molecular flexibility index (Phi) is 2.69. The summed E-state index contributed by atoms with van der Waals surface area (Å²) in [5.41, 5.74) is 0.627. The van der Waals surface area contributed by atoms with Crippen molar-refractivity contribution in [2.24, 2.45) is 0 Å². The number of carboxylic acids is 1. The van der Waals surface area contributed by atoms with Gasteiger partial charge in [-0.25, -0.2) is 0 Å². The third-order valence-electron chi connectivity index (χ3n) is 1.38. The van der Waals surface area contributed by atoms with Crippen LogP contribution in [0.15, 0.2) is 24.3 Å². The van der Waals surface area contributed by atoms with Gasteiger partial charge in [-0.3, -0.25) is 4.79 Å². The summed E-state index contributed by atoms with van der Waals surface area (Å²) in [6, 6.07) is 6.87. The van der Waals surface area contributed by atoms with Crippen molar-refractivity contribution in [3.8, 4) is 5.75 Å². The van der Waals surface area contributed by atoms with Gasteiger partial charge < -0.3 is 9.84 Å². The molecule has 0 fully saturated rings. The van der Waals surface area contributed by atoms with Gasteiger partial charge in [-0.1, -0.05) is 12.1 Å². The van der Waals surface area contributed by atoms with Gasteiger partial charge in [-0.2, -0.15) is 0 Å². The molecule has 63 valence electrons. The number of carboxylic acid groups (broad SMARTS) is 1. The SMILES string of the molecule is COc1cccc([CH]C(=O)O)c1. The lowest BCUT2D eigenvalue weighted by molar-refractivity contribution is -0.132. The standard InChI is InChI=1S/C9H9O3/c1-12-8-4-2-3-7(5-8)6-9(10)11/h2-6H,1H3,(H,10,11). The summed E-state index contributed by atoms with van der Waals surface area (Å²) in [5.74, 6) is -0.298. The molecule has 3 heteroatoms. The third-order valence-corrected chi connectivity index (χ3v) is 1.38. The van der Waals surface area contributed by atoms with Gasteiger partial charge in [0.25, 0.3) is 0 Å². The maximum atomic E-state index is 10.3. The smallest absolute Gasteiger partial charge is 0.312 e. The molecule has 0 saturated heterocycles. The zero-order chi connectivity index (χ0) is 8.97. The Hall–Kier alpha value is -1.51. The lowest BCUT2D eigenvalue weighted by Crippen LogP contribution is -1.96. The summed E-state index contributed by atoms with van der Waals surface area (Å²) in [7, 11) is 1.54. The Balaban J connectivity index is 2.79. The Morgan fingerprint density at radius 2 is 2.33 bits per heavy atom. The van der Waals surface area contributed by atoms with Crippen LogP contribution < -0.4 is 4.74 Å². The van der Waals surface area contributed by atoms with Crippen LogP contribution >= 0.6 is 0 Å². The Labute approximate surface area is 70.6 Å². The molecule has 0 amide bonds. The second-order valence-electron chi connectivity index (χ2n) is 2.26. The highest BCUT2D eigenvalue weighted by atomic mass is 16.5. The molecule has 0 aliphatic rings. The minimum atomic E-state index is -0.955. The first-order chi connectivity index (χ1) is 5.72. The Morgan fingerprint density at radius 1 is 1.58 bits per heavy atom. The molecule has 1 aromatic rings. The molecule has 1 radical (unpaired) electrons. The zero-order valence-corrected chi connectivity index (χ0v) is 6.65. The van der Waals surface area contributed by atoms with Gasteiger partial charge in [0.1, 0.15) is 5.75 Å². The van der Waals surface area contributed by atoms with Gasteiger partial charge in [0, 0.05) is 0 Å². The number of methoxy groups -OCH3 is 1. The van der Waals surface area contributed by atoms with E-state index in [4.69, 9.17) is 9.84 Å². The fourth-order valence-electron chi connectivity index (χ4n) is 0.874. The van der Waals surface area contributed by atoms with E-state index in [1.54, 1.807) is 31.4 Å². The van der Waals surface area contributed by atoms with Gasteiger partial charge in [0.05, 0.1) is 13.5 Å². The van der Waals surface area contributed by atoms with Crippen LogP contribution in [0.25, 0.3) is 0 Å². The van der Waals surface area contributed by atoms with Crippen molar-refractivity contribution in [3.63, 3.8) is 0 Å². The molecule has 0 atom stereocenters. The molecule has 0 heterocycles. The maximum absolute atomic E-state index is 10.3. The number of ether oxygens (including phenoxy) is 1. The van der Waals surface area contributed by atoms with Gasteiger partial charge in [-0.15, -0.1) is 0 Å². The molecule has 0 spiro atoms. The third kappa shape index (κ3) is 2.27. The van der Waals surface area contributed by atoms with Crippen LogP contribution in [0.3, 0.4) is 0 Å². The number of aliphatic carboxylic acids is 1. The number of benzene rings is 1. The summed E-state index contributed by atoms with van der Waals surface area (Å²) in [4.78, 5) is 10.3. The van der Waals surface area contributed by atoms with Crippen molar-refractivity contribution in [2.45, 2.75) is 0 Å². The van der Waals surface area contributed by atoms with E-state index >= 15 is 0 Å². The molecule has 0 unspecified atom stereocenters. The first kappa shape index (κ1) is 8.59. The molecule has 1 N–H and O–H groups in total. The van der Waals surface area contributed by atoms with Gasteiger partial charge in [0.2, 0.25) is 0 Å². The van der Waals surface area contributed by atoms with Crippen molar-refractivity contribution < 1.29 is 14.6 Å². The van der Waals surface area contributed by atoms with E-state index in [9.17, 15) is 4.79 Å². The van der Waals surface area contributed by atoms with E-state index in [0.717, 1.165) is 6.42 Å². The molecule has 0 aromatic heterocycles. The average Bonchev–Trinajstić information content (AvgIpc) is 2.03. The monoisotopic (exact) mass is 165 g/mol. The van der Waals surface area contributed by atoms with E-state index in [2.05, 4.69) is 0 Å². The number of carbonyl (C=O) groups is 1. The summed E-state index contributed by atoms with van der Waals surface area (Å²) in [5, 5.41) is 8.43. The molecule has 3 nitrogen and oxygen atoms in total. The first-order valence-corrected chi connectivity index (χ1v) is 3.44. The van der Waals surface area contributed by atoms with E-state index in [1.165, 1.54) is 0 Å². The van der Waals surface area contributed by atoms with E-state index in [-0.39, 0.29) is 0 Å². The second kappa shape index (κ2) is 3.76. The van der Waals surface area contributed by atoms with Crippen molar-refractivity contribution in [1.82, 2.24) is 0 Å². The fourth-order valence-corrected chi connectivity index (χ4v) is 0.874. The Morgan fingerprint density at radius 3 is 2.92 bits per heavy atom. The van der Waals surface area contributed by atoms with E-state index in [0.29, 0.717) is 11.3 Å². The molecule has 0 aliphatic heterocycles. The molecule has 1 rings (SSSR count). The minimum Gasteiger partial charge on any atom is -0.497 e. The van der Waals surface area contributed by atoms with Crippen molar-refractivity contribution in [1.29, 1.82) is 0 Å². The van der Waals surface area contributed by atoms with Crippen molar-refractivity contribution >= 4 is 5.97 Å².